The van der Waals surface area contributed by atoms with Gasteiger partial charge in [0.15, 0.2) is 0 Å². The molecule has 0 aliphatic rings. The molecule has 2 aromatic rings. The smallest absolute Gasteiger partial charge is 0.263 e. The molecule has 2 rings (SSSR count). The first-order valence-electron chi connectivity index (χ1n) is 6.91. The van der Waals surface area contributed by atoms with Gasteiger partial charge in [0.25, 0.3) is 5.91 Å². The summed E-state index contributed by atoms with van der Waals surface area (Å²) in [5, 5.41) is 3.97. The van der Waals surface area contributed by atoms with Crippen LogP contribution in [0.25, 0.3) is 10.1 Å². The van der Waals surface area contributed by atoms with E-state index in [0.29, 0.717) is 17.1 Å². The number of hydrogen-bond acceptors (Lipinski definition) is 3. The predicted octanol–water partition coefficient (Wildman–Crippen LogP) is 3.96. The second-order valence-electron chi connectivity index (χ2n) is 6.04. The maximum Gasteiger partial charge on any atom is 0.263 e. The predicted molar refractivity (Wildman–Crippen MR) is 87.4 cm³/mol. The Morgan fingerprint density at radius 3 is 2.75 bits per heavy atom. The maximum atomic E-state index is 12.3. The molecular weight excluding hydrogens is 268 g/mol. The van der Waals surface area contributed by atoms with E-state index in [0.717, 1.165) is 16.5 Å². The fourth-order valence-corrected chi connectivity index (χ4v) is 3.05. The van der Waals surface area contributed by atoms with Crippen LogP contribution in [0.5, 0.6) is 0 Å². The average molecular weight is 290 g/mol. The Morgan fingerprint density at radius 2 is 2.10 bits per heavy atom. The Kier molecular flexibility index (Phi) is 4.04. The van der Waals surface area contributed by atoms with E-state index in [1.54, 1.807) is 0 Å². The summed E-state index contributed by atoms with van der Waals surface area (Å²) in [5.41, 5.74) is 7.99. The standard InChI is InChI=1S/C16H22N2OS/c1-5-16(3,4)9-18-15(19)14-13(17)11-7-6-10(2)8-12(11)20-14/h6-8H,5,9,17H2,1-4H3,(H,18,19). The van der Waals surface area contributed by atoms with E-state index in [1.807, 2.05) is 19.1 Å². The molecule has 0 bridgehead atoms. The Hall–Kier alpha value is -1.55. The van der Waals surface area contributed by atoms with Crippen molar-refractivity contribution in [3.63, 3.8) is 0 Å². The van der Waals surface area contributed by atoms with Crippen LogP contribution in [-0.2, 0) is 0 Å². The maximum absolute atomic E-state index is 12.3. The Labute approximate surface area is 124 Å². The van der Waals surface area contributed by atoms with Crippen molar-refractivity contribution in [2.75, 3.05) is 12.3 Å². The highest BCUT2D eigenvalue weighted by atomic mass is 32.1. The van der Waals surface area contributed by atoms with Crippen molar-refractivity contribution >= 4 is 33.0 Å². The third-order valence-electron chi connectivity index (χ3n) is 3.77. The molecule has 3 N–H and O–H groups in total. The van der Waals surface area contributed by atoms with E-state index >= 15 is 0 Å². The third-order valence-corrected chi connectivity index (χ3v) is 4.94. The number of benzene rings is 1. The minimum absolute atomic E-state index is 0.0668. The van der Waals surface area contributed by atoms with Crippen LogP contribution in [0.1, 0.15) is 42.4 Å². The van der Waals surface area contributed by atoms with Gasteiger partial charge in [-0.05, 0) is 30.4 Å². The van der Waals surface area contributed by atoms with Crippen LogP contribution in [-0.4, -0.2) is 12.5 Å². The molecule has 0 aliphatic carbocycles. The van der Waals surface area contributed by atoms with Gasteiger partial charge in [0.2, 0.25) is 0 Å². The lowest BCUT2D eigenvalue weighted by molar-refractivity contribution is 0.0940. The van der Waals surface area contributed by atoms with Gasteiger partial charge in [-0.1, -0.05) is 32.9 Å². The summed E-state index contributed by atoms with van der Waals surface area (Å²) >= 11 is 1.47. The molecule has 4 heteroatoms. The molecule has 0 atom stereocenters. The number of nitrogens with one attached hydrogen (secondary N) is 1. The zero-order chi connectivity index (χ0) is 14.9. The molecule has 0 unspecified atom stereocenters. The van der Waals surface area contributed by atoms with Gasteiger partial charge in [-0.3, -0.25) is 4.79 Å². The number of nitrogens with two attached hydrogens (primary N) is 1. The first-order chi connectivity index (χ1) is 9.34. The zero-order valence-electron chi connectivity index (χ0n) is 12.5. The number of aryl methyl sites for hydroxylation is 1. The molecule has 3 nitrogen and oxygen atoms in total. The number of carbonyl (C=O) groups is 1. The molecule has 1 aromatic heterocycles. The second-order valence-corrected chi connectivity index (χ2v) is 7.10. The summed E-state index contributed by atoms with van der Waals surface area (Å²) in [6.45, 7) is 9.12. The van der Waals surface area contributed by atoms with Crippen molar-refractivity contribution in [3.05, 3.63) is 28.6 Å². The number of thiophene rings is 1. The summed E-state index contributed by atoms with van der Waals surface area (Å²) in [6, 6.07) is 6.08. The monoisotopic (exact) mass is 290 g/mol. The van der Waals surface area contributed by atoms with Crippen LogP contribution in [0.4, 0.5) is 5.69 Å². The molecule has 20 heavy (non-hydrogen) atoms. The number of carbonyl (C=O) groups excluding carboxylic acids is 1. The summed E-state index contributed by atoms with van der Waals surface area (Å²) in [6.07, 6.45) is 1.02. The Bertz CT molecular complexity index is 643. The minimum atomic E-state index is -0.0668. The minimum Gasteiger partial charge on any atom is -0.397 e. The van der Waals surface area contributed by atoms with E-state index in [9.17, 15) is 4.79 Å². The first kappa shape index (κ1) is 14.9. The van der Waals surface area contributed by atoms with Gasteiger partial charge in [-0.2, -0.15) is 0 Å². The molecule has 0 radical (unpaired) electrons. The molecule has 0 saturated carbocycles. The van der Waals surface area contributed by atoms with Gasteiger partial charge in [0.1, 0.15) is 4.88 Å². The van der Waals surface area contributed by atoms with Gasteiger partial charge in [0.05, 0.1) is 5.69 Å². The number of amides is 1. The summed E-state index contributed by atoms with van der Waals surface area (Å²) in [5.74, 6) is -0.0668. The van der Waals surface area contributed by atoms with Crippen LogP contribution in [0.15, 0.2) is 18.2 Å². The van der Waals surface area contributed by atoms with Gasteiger partial charge in [-0.15, -0.1) is 11.3 Å². The third kappa shape index (κ3) is 2.96. The topological polar surface area (TPSA) is 55.1 Å². The summed E-state index contributed by atoms with van der Waals surface area (Å²) in [7, 11) is 0. The lowest BCUT2D eigenvalue weighted by Crippen LogP contribution is -2.33. The SMILES string of the molecule is CCC(C)(C)CNC(=O)c1sc2cc(C)ccc2c1N. The number of hydrogen-bond donors (Lipinski definition) is 2. The van der Waals surface area contributed by atoms with E-state index in [4.69, 9.17) is 5.73 Å². The largest absolute Gasteiger partial charge is 0.397 e. The molecule has 0 aliphatic heterocycles. The van der Waals surface area contributed by atoms with E-state index in [1.165, 1.54) is 16.9 Å². The van der Waals surface area contributed by atoms with E-state index in [-0.39, 0.29) is 11.3 Å². The van der Waals surface area contributed by atoms with E-state index in [2.05, 4.69) is 32.2 Å². The fraction of sp³-hybridized carbons (Fsp3) is 0.438. The highest BCUT2D eigenvalue weighted by Gasteiger charge is 2.20. The molecule has 1 heterocycles. The number of rotatable bonds is 4. The second kappa shape index (κ2) is 5.44. The van der Waals surface area contributed by atoms with Crippen LogP contribution >= 0.6 is 11.3 Å². The summed E-state index contributed by atoms with van der Waals surface area (Å²) < 4.78 is 1.07. The van der Waals surface area contributed by atoms with Crippen molar-refractivity contribution < 1.29 is 4.79 Å². The van der Waals surface area contributed by atoms with Crippen molar-refractivity contribution in [2.24, 2.45) is 5.41 Å². The Balaban J connectivity index is 2.24. The van der Waals surface area contributed by atoms with Crippen molar-refractivity contribution in [1.29, 1.82) is 0 Å². The van der Waals surface area contributed by atoms with Crippen LogP contribution in [0.3, 0.4) is 0 Å². The lowest BCUT2D eigenvalue weighted by atomic mass is 9.90. The number of anilines is 1. The van der Waals surface area contributed by atoms with Crippen LogP contribution in [0, 0.1) is 12.3 Å². The van der Waals surface area contributed by atoms with Gasteiger partial charge in [-0.25, -0.2) is 0 Å². The average Bonchev–Trinajstić information content (AvgIpc) is 2.73. The molecule has 108 valence electrons. The normalized spacial score (nSPS) is 11.8. The molecular formula is C16H22N2OS. The van der Waals surface area contributed by atoms with Crippen molar-refractivity contribution in [2.45, 2.75) is 34.1 Å². The quantitative estimate of drug-likeness (QED) is 0.895. The molecule has 1 amide bonds. The highest BCUT2D eigenvalue weighted by molar-refractivity contribution is 7.21. The van der Waals surface area contributed by atoms with Crippen molar-refractivity contribution in [3.8, 4) is 0 Å². The zero-order valence-corrected chi connectivity index (χ0v) is 13.4. The van der Waals surface area contributed by atoms with Crippen LogP contribution in [0.2, 0.25) is 0 Å². The number of nitrogen functional groups attached to an aromatic ring is 1. The molecule has 0 saturated heterocycles. The van der Waals surface area contributed by atoms with Crippen LogP contribution < -0.4 is 11.1 Å². The summed E-state index contributed by atoms with van der Waals surface area (Å²) in [4.78, 5) is 12.9. The molecule has 1 aromatic carbocycles. The fourth-order valence-electron chi connectivity index (χ4n) is 1.92. The van der Waals surface area contributed by atoms with Gasteiger partial charge >= 0.3 is 0 Å². The van der Waals surface area contributed by atoms with Gasteiger partial charge in [0, 0.05) is 16.6 Å². The highest BCUT2D eigenvalue weighted by Crippen LogP contribution is 2.34. The first-order valence-corrected chi connectivity index (χ1v) is 7.72. The number of fused-ring (bicyclic) bond motifs is 1. The van der Waals surface area contributed by atoms with E-state index < -0.39 is 0 Å². The molecule has 0 spiro atoms. The van der Waals surface area contributed by atoms with Gasteiger partial charge < -0.3 is 11.1 Å². The Morgan fingerprint density at radius 1 is 1.40 bits per heavy atom. The molecule has 0 fully saturated rings. The van der Waals surface area contributed by atoms with Crippen molar-refractivity contribution in [1.82, 2.24) is 5.32 Å². The lowest BCUT2D eigenvalue weighted by Gasteiger charge is -2.22.